The molecule has 166 valence electrons. The highest BCUT2D eigenvalue weighted by Gasteiger charge is 2.13. The van der Waals surface area contributed by atoms with Crippen LogP contribution in [0.25, 0.3) is 0 Å². The van der Waals surface area contributed by atoms with Crippen molar-refractivity contribution in [2.75, 3.05) is 6.61 Å². The summed E-state index contributed by atoms with van der Waals surface area (Å²) in [7, 11) is 0. The van der Waals surface area contributed by atoms with Gasteiger partial charge in [0.25, 0.3) is 5.91 Å². The van der Waals surface area contributed by atoms with Crippen LogP contribution in [0.4, 0.5) is 0 Å². The van der Waals surface area contributed by atoms with Gasteiger partial charge in [-0.05, 0) is 59.0 Å². The lowest BCUT2D eigenvalue weighted by Gasteiger charge is -2.19. The second kappa shape index (κ2) is 10.8. The maximum atomic E-state index is 12.0. The van der Waals surface area contributed by atoms with E-state index in [0.717, 1.165) is 16.9 Å². The molecule has 0 radical (unpaired) electrons. The van der Waals surface area contributed by atoms with Crippen molar-refractivity contribution in [3.8, 4) is 11.5 Å². The first kappa shape index (κ1) is 23.4. The molecule has 0 spiro atoms. The molecule has 0 atom stereocenters. The largest absolute Gasteiger partial charge is 0.489 e. The molecule has 0 heterocycles. The van der Waals surface area contributed by atoms with Gasteiger partial charge in [0.15, 0.2) is 6.61 Å². The molecule has 3 aromatic rings. The summed E-state index contributed by atoms with van der Waals surface area (Å²) in [6, 6.07) is 22.7. The molecule has 0 aliphatic heterocycles. The number of nitrogens with one attached hydrogen (secondary N) is 1. The minimum atomic E-state index is -0.333. The number of carbonyl (C=O) groups excluding carboxylic acids is 1. The maximum absolute atomic E-state index is 12.0. The Kier molecular flexibility index (Phi) is 7.90. The van der Waals surface area contributed by atoms with Crippen molar-refractivity contribution in [3.63, 3.8) is 0 Å². The van der Waals surface area contributed by atoms with Crippen LogP contribution in [0.3, 0.4) is 0 Å². The number of carbonyl (C=O) groups is 1. The van der Waals surface area contributed by atoms with E-state index < -0.39 is 0 Å². The van der Waals surface area contributed by atoms with Gasteiger partial charge < -0.3 is 9.47 Å². The summed E-state index contributed by atoms with van der Waals surface area (Å²) in [6.07, 6.45) is 1.56. The fraction of sp³-hybridized carbons (Fsp3) is 0.231. The molecule has 0 aliphatic rings. The average Bonchev–Trinajstić information content (AvgIpc) is 2.78. The third-order valence-corrected chi connectivity index (χ3v) is 5.09. The van der Waals surface area contributed by atoms with Gasteiger partial charge in [0.2, 0.25) is 0 Å². The Labute approximate surface area is 194 Å². The molecule has 6 heteroatoms. The topological polar surface area (TPSA) is 59.9 Å². The number of nitrogens with zero attached hydrogens (tertiary/aromatic N) is 1. The van der Waals surface area contributed by atoms with Gasteiger partial charge in [-0.3, -0.25) is 4.79 Å². The molecule has 0 unspecified atom stereocenters. The standard InChI is InChI=1S/C26H27ClN2O3/c1-26(2,3)21-10-14-23(15-11-21)32-18-25(30)29-28-16-19-8-12-22(13-9-19)31-17-20-6-4-5-7-24(20)27/h4-16H,17-18H2,1-3H3,(H,29,30)/b28-16+. The summed E-state index contributed by atoms with van der Waals surface area (Å²) in [5, 5.41) is 4.65. The van der Waals surface area contributed by atoms with Crippen LogP contribution in [0.5, 0.6) is 11.5 Å². The van der Waals surface area contributed by atoms with E-state index >= 15 is 0 Å². The van der Waals surface area contributed by atoms with Crippen molar-refractivity contribution in [2.45, 2.75) is 32.8 Å². The third kappa shape index (κ3) is 7.13. The van der Waals surface area contributed by atoms with Gasteiger partial charge in [-0.15, -0.1) is 0 Å². The normalized spacial score (nSPS) is 11.4. The molecular formula is C26H27ClN2O3. The predicted molar refractivity (Wildman–Crippen MR) is 129 cm³/mol. The highest BCUT2D eigenvalue weighted by Crippen LogP contribution is 2.24. The lowest BCUT2D eigenvalue weighted by atomic mass is 9.87. The molecule has 0 bridgehead atoms. The number of halogens is 1. The quantitative estimate of drug-likeness (QED) is 0.351. The zero-order valence-corrected chi connectivity index (χ0v) is 19.2. The van der Waals surface area contributed by atoms with E-state index in [0.29, 0.717) is 17.4 Å². The molecule has 3 rings (SSSR count). The number of hydrogen-bond donors (Lipinski definition) is 1. The van der Waals surface area contributed by atoms with E-state index in [-0.39, 0.29) is 17.9 Å². The van der Waals surface area contributed by atoms with Crippen molar-refractivity contribution >= 4 is 23.7 Å². The minimum Gasteiger partial charge on any atom is -0.489 e. The molecular weight excluding hydrogens is 424 g/mol. The molecule has 1 N–H and O–H groups in total. The van der Waals surface area contributed by atoms with Gasteiger partial charge in [0.05, 0.1) is 6.21 Å². The second-order valence-corrected chi connectivity index (χ2v) is 8.71. The second-order valence-electron chi connectivity index (χ2n) is 8.31. The van der Waals surface area contributed by atoms with Crippen molar-refractivity contribution in [1.29, 1.82) is 0 Å². The fourth-order valence-corrected chi connectivity index (χ4v) is 3.03. The highest BCUT2D eigenvalue weighted by atomic mass is 35.5. The van der Waals surface area contributed by atoms with E-state index in [9.17, 15) is 4.79 Å². The van der Waals surface area contributed by atoms with E-state index in [2.05, 4.69) is 31.3 Å². The SMILES string of the molecule is CC(C)(C)c1ccc(OCC(=O)N/N=C/c2ccc(OCc3ccccc3Cl)cc2)cc1. The van der Waals surface area contributed by atoms with Crippen molar-refractivity contribution in [2.24, 2.45) is 5.10 Å². The number of amides is 1. The Balaban J connectivity index is 1.42. The lowest BCUT2D eigenvalue weighted by Crippen LogP contribution is -2.24. The minimum absolute atomic E-state index is 0.0740. The van der Waals surface area contributed by atoms with Gasteiger partial charge in [-0.25, -0.2) is 5.43 Å². The van der Waals surface area contributed by atoms with Crippen LogP contribution in [0, 0.1) is 0 Å². The lowest BCUT2D eigenvalue weighted by molar-refractivity contribution is -0.123. The third-order valence-electron chi connectivity index (χ3n) is 4.73. The fourth-order valence-electron chi connectivity index (χ4n) is 2.84. The number of ether oxygens (including phenoxy) is 2. The van der Waals surface area contributed by atoms with Crippen LogP contribution >= 0.6 is 11.6 Å². The Bertz CT molecular complexity index is 1060. The highest BCUT2D eigenvalue weighted by molar-refractivity contribution is 6.31. The number of hydrazone groups is 1. The summed E-state index contributed by atoms with van der Waals surface area (Å²) in [4.78, 5) is 12.0. The Morgan fingerprint density at radius 3 is 2.22 bits per heavy atom. The Morgan fingerprint density at radius 2 is 1.56 bits per heavy atom. The van der Waals surface area contributed by atoms with Crippen LogP contribution in [0.15, 0.2) is 77.9 Å². The maximum Gasteiger partial charge on any atom is 0.277 e. The molecule has 0 saturated heterocycles. The summed E-state index contributed by atoms with van der Waals surface area (Å²) in [5.41, 5.74) is 5.50. The van der Waals surface area contributed by atoms with Crippen molar-refractivity contribution in [3.05, 3.63) is 94.5 Å². The van der Waals surface area contributed by atoms with Gasteiger partial charge in [0, 0.05) is 10.6 Å². The van der Waals surface area contributed by atoms with E-state index in [1.807, 2.05) is 72.8 Å². The van der Waals surface area contributed by atoms with Crippen LogP contribution < -0.4 is 14.9 Å². The molecule has 32 heavy (non-hydrogen) atoms. The van der Waals surface area contributed by atoms with Crippen LogP contribution in [0.1, 0.15) is 37.5 Å². The zero-order chi connectivity index (χ0) is 23.0. The van der Waals surface area contributed by atoms with Crippen molar-refractivity contribution < 1.29 is 14.3 Å². The zero-order valence-electron chi connectivity index (χ0n) is 18.5. The Hall–Kier alpha value is -3.31. The van der Waals surface area contributed by atoms with Crippen LogP contribution in [-0.4, -0.2) is 18.7 Å². The summed E-state index contributed by atoms with van der Waals surface area (Å²) in [6.45, 7) is 6.73. The van der Waals surface area contributed by atoms with Crippen molar-refractivity contribution in [1.82, 2.24) is 5.43 Å². The molecule has 5 nitrogen and oxygen atoms in total. The number of rotatable bonds is 8. The molecule has 0 aromatic heterocycles. The number of hydrogen-bond acceptors (Lipinski definition) is 4. The van der Waals surface area contributed by atoms with Gasteiger partial charge in [-0.1, -0.05) is 62.7 Å². The van der Waals surface area contributed by atoms with Crippen LogP contribution in [-0.2, 0) is 16.8 Å². The molecule has 3 aromatic carbocycles. The average molecular weight is 451 g/mol. The van der Waals surface area contributed by atoms with E-state index in [1.165, 1.54) is 5.56 Å². The molecule has 0 saturated carbocycles. The van der Waals surface area contributed by atoms with Gasteiger partial charge in [-0.2, -0.15) is 5.10 Å². The summed E-state index contributed by atoms with van der Waals surface area (Å²) in [5.74, 6) is 1.03. The summed E-state index contributed by atoms with van der Waals surface area (Å²) >= 11 is 6.14. The number of benzene rings is 3. The predicted octanol–water partition coefficient (Wildman–Crippen LogP) is 5.75. The monoisotopic (exact) mass is 450 g/mol. The molecule has 0 fully saturated rings. The smallest absolute Gasteiger partial charge is 0.277 e. The molecule has 1 amide bonds. The first-order valence-electron chi connectivity index (χ1n) is 10.3. The van der Waals surface area contributed by atoms with E-state index in [4.69, 9.17) is 21.1 Å². The molecule has 0 aliphatic carbocycles. The van der Waals surface area contributed by atoms with Crippen LogP contribution in [0.2, 0.25) is 5.02 Å². The first-order valence-corrected chi connectivity index (χ1v) is 10.7. The Morgan fingerprint density at radius 1 is 0.938 bits per heavy atom. The first-order chi connectivity index (χ1) is 15.3. The van der Waals surface area contributed by atoms with Gasteiger partial charge >= 0.3 is 0 Å². The van der Waals surface area contributed by atoms with Gasteiger partial charge in [0.1, 0.15) is 18.1 Å². The summed E-state index contributed by atoms with van der Waals surface area (Å²) < 4.78 is 11.3. The van der Waals surface area contributed by atoms with E-state index in [1.54, 1.807) is 6.21 Å².